The van der Waals surface area contributed by atoms with Crippen LogP contribution in [0.4, 0.5) is 0 Å². The Balaban J connectivity index is 1.98. The molecule has 1 aliphatic heterocycles. The van der Waals surface area contributed by atoms with E-state index in [9.17, 15) is 14.7 Å². The number of amides is 1. The van der Waals surface area contributed by atoms with Gasteiger partial charge in [0, 0.05) is 12.1 Å². The number of ether oxygens (including phenoxy) is 1. The number of carbonyl (C=O) groups is 2. The highest BCUT2D eigenvalue weighted by Crippen LogP contribution is 2.40. The molecule has 1 fully saturated rings. The number of aryl methyl sites for hydroxylation is 1. The monoisotopic (exact) mass is 426 g/mol. The SMILES string of the molecule is CCN(CC)CCCN1C(=O)C(=O)C(=C(O)c2ccc(OC)cc2)[C@H]1c1ccc(C)o1. The Kier molecular flexibility index (Phi) is 7.17. The predicted octanol–water partition coefficient (Wildman–Crippen LogP) is 3.75. The third-order valence-electron chi connectivity index (χ3n) is 5.70. The number of likely N-dealkylation sites (tertiary alicyclic amines) is 1. The summed E-state index contributed by atoms with van der Waals surface area (Å²) in [6, 6.07) is 9.50. The lowest BCUT2D eigenvalue weighted by molar-refractivity contribution is -0.140. The highest BCUT2D eigenvalue weighted by molar-refractivity contribution is 6.46. The zero-order valence-corrected chi connectivity index (χ0v) is 18.6. The highest BCUT2D eigenvalue weighted by atomic mass is 16.5. The number of ketones is 1. The molecule has 0 spiro atoms. The Hall–Kier alpha value is -3.06. The molecule has 1 amide bonds. The summed E-state index contributed by atoms with van der Waals surface area (Å²) in [4.78, 5) is 29.7. The van der Waals surface area contributed by atoms with Crippen molar-refractivity contribution in [3.8, 4) is 5.75 Å². The number of aliphatic hydroxyl groups excluding tert-OH is 1. The largest absolute Gasteiger partial charge is 0.507 e. The van der Waals surface area contributed by atoms with Crippen molar-refractivity contribution in [1.29, 1.82) is 0 Å². The maximum absolute atomic E-state index is 13.0. The van der Waals surface area contributed by atoms with E-state index in [1.54, 1.807) is 50.4 Å². The van der Waals surface area contributed by atoms with E-state index < -0.39 is 17.7 Å². The third kappa shape index (κ3) is 4.66. The Morgan fingerprint density at radius 2 is 1.81 bits per heavy atom. The molecule has 1 aliphatic rings. The summed E-state index contributed by atoms with van der Waals surface area (Å²) < 4.78 is 11.0. The van der Waals surface area contributed by atoms with Crippen LogP contribution < -0.4 is 4.74 Å². The molecule has 7 heteroatoms. The summed E-state index contributed by atoms with van der Waals surface area (Å²) in [6.45, 7) is 9.05. The molecule has 0 radical (unpaired) electrons. The molecule has 0 saturated carbocycles. The zero-order chi connectivity index (χ0) is 22.5. The predicted molar refractivity (Wildman–Crippen MR) is 118 cm³/mol. The number of rotatable bonds is 9. The molecule has 0 aliphatic carbocycles. The van der Waals surface area contributed by atoms with Gasteiger partial charge in [0.15, 0.2) is 0 Å². The molecule has 31 heavy (non-hydrogen) atoms. The minimum Gasteiger partial charge on any atom is -0.507 e. The van der Waals surface area contributed by atoms with Crippen LogP contribution in [0.1, 0.15) is 43.4 Å². The van der Waals surface area contributed by atoms with E-state index >= 15 is 0 Å². The van der Waals surface area contributed by atoms with E-state index in [2.05, 4.69) is 18.7 Å². The Bertz CT molecular complexity index is 957. The Morgan fingerprint density at radius 3 is 2.35 bits per heavy atom. The number of hydrogen-bond acceptors (Lipinski definition) is 6. The summed E-state index contributed by atoms with van der Waals surface area (Å²) in [5.41, 5.74) is 0.488. The van der Waals surface area contributed by atoms with Crippen LogP contribution in [-0.4, -0.2) is 59.9 Å². The number of nitrogens with zero attached hydrogens (tertiary/aromatic N) is 2. The van der Waals surface area contributed by atoms with E-state index in [-0.39, 0.29) is 11.3 Å². The second-order valence-electron chi connectivity index (χ2n) is 7.55. The molecule has 1 aromatic heterocycles. The first kappa shape index (κ1) is 22.6. The van der Waals surface area contributed by atoms with Gasteiger partial charge in [-0.2, -0.15) is 0 Å². The van der Waals surface area contributed by atoms with Crippen molar-refractivity contribution >= 4 is 17.4 Å². The molecule has 3 rings (SSSR count). The van der Waals surface area contributed by atoms with Gasteiger partial charge < -0.3 is 24.1 Å². The topological polar surface area (TPSA) is 83.2 Å². The lowest BCUT2D eigenvalue weighted by atomic mass is 9.99. The zero-order valence-electron chi connectivity index (χ0n) is 18.6. The van der Waals surface area contributed by atoms with Crippen LogP contribution >= 0.6 is 0 Å². The molecular formula is C24H30N2O5. The van der Waals surface area contributed by atoms with Gasteiger partial charge in [-0.1, -0.05) is 13.8 Å². The van der Waals surface area contributed by atoms with Crippen LogP contribution in [-0.2, 0) is 9.59 Å². The standard InChI is InChI=1S/C24H30N2O5/c1-5-25(6-2)14-7-15-26-21(19-13-8-16(3)31-19)20(23(28)24(26)29)22(27)17-9-11-18(30-4)12-10-17/h8-13,21,27H,5-7,14-15H2,1-4H3/t21-/m1/s1. The van der Waals surface area contributed by atoms with Gasteiger partial charge in [-0.3, -0.25) is 9.59 Å². The summed E-state index contributed by atoms with van der Waals surface area (Å²) in [5.74, 6) is 0.240. The molecule has 1 saturated heterocycles. The van der Waals surface area contributed by atoms with Gasteiger partial charge in [0.25, 0.3) is 11.7 Å². The van der Waals surface area contributed by atoms with Gasteiger partial charge in [-0.25, -0.2) is 0 Å². The average molecular weight is 427 g/mol. The molecule has 2 heterocycles. The number of aliphatic hydroxyl groups is 1. The van der Waals surface area contributed by atoms with Gasteiger partial charge >= 0.3 is 0 Å². The number of furan rings is 1. The summed E-state index contributed by atoms with van der Waals surface area (Å²) in [5, 5.41) is 11.0. The van der Waals surface area contributed by atoms with Crippen LogP contribution in [0.25, 0.3) is 5.76 Å². The van der Waals surface area contributed by atoms with Crippen molar-refractivity contribution in [3.63, 3.8) is 0 Å². The molecule has 0 unspecified atom stereocenters. The molecule has 0 bridgehead atoms. The quantitative estimate of drug-likeness (QED) is 0.374. The van der Waals surface area contributed by atoms with Crippen molar-refractivity contribution < 1.29 is 23.8 Å². The van der Waals surface area contributed by atoms with E-state index in [1.807, 2.05) is 0 Å². The number of methoxy groups -OCH3 is 1. The van der Waals surface area contributed by atoms with Crippen molar-refractivity contribution in [2.45, 2.75) is 33.2 Å². The average Bonchev–Trinajstić information content (AvgIpc) is 3.32. The second kappa shape index (κ2) is 9.83. The molecule has 166 valence electrons. The van der Waals surface area contributed by atoms with Gasteiger partial charge in [-0.15, -0.1) is 0 Å². The lowest BCUT2D eigenvalue weighted by Crippen LogP contribution is -2.33. The first-order chi connectivity index (χ1) is 14.9. The van der Waals surface area contributed by atoms with E-state index in [4.69, 9.17) is 9.15 Å². The van der Waals surface area contributed by atoms with Crippen LogP contribution in [0.5, 0.6) is 5.75 Å². The minimum absolute atomic E-state index is 0.0485. The highest BCUT2D eigenvalue weighted by Gasteiger charge is 2.47. The van der Waals surface area contributed by atoms with Gasteiger partial charge in [0.05, 0.1) is 12.7 Å². The van der Waals surface area contributed by atoms with Crippen molar-refractivity contribution in [2.24, 2.45) is 0 Å². The Morgan fingerprint density at radius 1 is 1.13 bits per heavy atom. The van der Waals surface area contributed by atoms with Crippen LogP contribution in [0, 0.1) is 6.92 Å². The van der Waals surface area contributed by atoms with Crippen molar-refractivity contribution in [3.05, 3.63) is 59.1 Å². The van der Waals surface area contributed by atoms with E-state index in [1.165, 1.54) is 4.90 Å². The second-order valence-corrected chi connectivity index (χ2v) is 7.55. The molecule has 7 nitrogen and oxygen atoms in total. The van der Waals surface area contributed by atoms with Crippen molar-refractivity contribution in [1.82, 2.24) is 9.80 Å². The van der Waals surface area contributed by atoms with Crippen LogP contribution in [0.15, 0.2) is 46.4 Å². The minimum atomic E-state index is -0.757. The summed E-state index contributed by atoms with van der Waals surface area (Å²) in [6.07, 6.45) is 0.716. The molecule has 2 aromatic rings. The number of carbonyl (C=O) groups excluding carboxylic acids is 2. The molecule has 1 N–H and O–H groups in total. The number of benzene rings is 1. The maximum Gasteiger partial charge on any atom is 0.295 e. The first-order valence-corrected chi connectivity index (χ1v) is 10.6. The van der Waals surface area contributed by atoms with Gasteiger partial charge in [0.2, 0.25) is 0 Å². The maximum atomic E-state index is 13.0. The smallest absolute Gasteiger partial charge is 0.295 e. The van der Waals surface area contributed by atoms with Gasteiger partial charge in [-0.05, 0) is 69.4 Å². The lowest BCUT2D eigenvalue weighted by Gasteiger charge is -2.25. The fourth-order valence-electron chi connectivity index (χ4n) is 3.92. The van der Waals surface area contributed by atoms with E-state index in [0.29, 0.717) is 35.8 Å². The summed E-state index contributed by atoms with van der Waals surface area (Å²) in [7, 11) is 1.55. The summed E-state index contributed by atoms with van der Waals surface area (Å²) >= 11 is 0. The molecule has 1 aromatic carbocycles. The van der Waals surface area contributed by atoms with Crippen LogP contribution in [0.2, 0.25) is 0 Å². The Labute approximate surface area is 182 Å². The van der Waals surface area contributed by atoms with Crippen LogP contribution in [0.3, 0.4) is 0 Å². The van der Waals surface area contributed by atoms with Gasteiger partial charge in [0.1, 0.15) is 29.1 Å². The normalized spacial score (nSPS) is 18.2. The molecular weight excluding hydrogens is 396 g/mol. The number of hydrogen-bond donors (Lipinski definition) is 1. The fraction of sp³-hybridized carbons (Fsp3) is 0.417. The number of Topliss-reactive ketones (excluding diaryl/α,β-unsaturated/α-hetero) is 1. The fourth-order valence-corrected chi connectivity index (χ4v) is 3.92. The third-order valence-corrected chi connectivity index (χ3v) is 5.70. The molecule has 1 atom stereocenters. The van der Waals surface area contributed by atoms with E-state index in [0.717, 1.165) is 19.6 Å². The first-order valence-electron chi connectivity index (χ1n) is 10.6. The van der Waals surface area contributed by atoms with Crippen molar-refractivity contribution in [2.75, 3.05) is 33.3 Å².